The van der Waals surface area contributed by atoms with Gasteiger partial charge in [-0.05, 0) is 47.5 Å². The number of hydrogen-bond acceptors (Lipinski definition) is 5. The average Bonchev–Trinajstić information content (AvgIpc) is 2.95. The summed E-state index contributed by atoms with van der Waals surface area (Å²) in [6.45, 7) is 4.38. The van der Waals surface area contributed by atoms with Crippen molar-refractivity contribution in [3.63, 3.8) is 0 Å². The lowest BCUT2D eigenvalue weighted by Crippen LogP contribution is -2.31. The maximum Gasteiger partial charge on any atom is 0.293 e. The summed E-state index contributed by atoms with van der Waals surface area (Å²) in [4.78, 5) is 26.2. The van der Waals surface area contributed by atoms with Gasteiger partial charge in [0, 0.05) is 12.1 Å². The topological polar surface area (TPSA) is 55.8 Å². The predicted molar refractivity (Wildman–Crippen MR) is 111 cm³/mol. The molecular formula is C22H22FNO4S. The van der Waals surface area contributed by atoms with E-state index < -0.39 is 0 Å². The minimum Gasteiger partial charge on any atom is -0.493 e. The Balaban J connectivity index is 1.77. The average molecular weight is 415 g/mol. The molecule has 7 heteroatoms. The number of nitrogens with zero attached hydrogens (tertiary/aromatic N) is 1. The number of carbonyl (C=O) groups is 2. The summed E-state index contributed by atoms with van der Waals surface area (Å²) in [7, 11) is 1.51. The number of hydrogen-bond donors (Lipinski definition) is 0. The van der Waals surface area contributed by atoms with Gasteiger partial charge in [0.2, 0.25) is 0 Å². The molecule has 2 aromatic carbocycles. The van der Waals surface area contributed by atoms with Crippen LogP contribution in [0.5, 0.6) is 11.5 Å². The Hall–Kier alpha value is -2.80. The van der Waals surface area contributed by atoms with Gasteiger partial charge in [-0.2, -0.15) is 0 Å². The molecule has 1 aliphatic rings. The number of ether oxygens (including phenoxy) is 2. The van der Waals surface area contributed by atoms with E-state index in [-0.39, 0.29) is 29.5 Å². The van der Waals surface area contributed by atoms with Crippen molar-refractivity contribution in [1.82, 2.24) is 4.90 Å². The molecule has 5 nitrogen and oxygen atoms in total. The van der Waals surface area contributed by atoms with Crippen LogP contribution < -0.4 is 9.47 Å². The maximum atomic E-state index is 13.8. The van der Waals surface area contributed by atoms with E-state index in [0.717, 1.165) is 11.8 Å². The lowest BCUT2D eigenvalue weighted by molar-refractivity contribution is -0.123. The smallest absolute Gasteiger partial charge is 0.293 e. The Morgan fingerprint density at radius 1 is 1.14 bits per heavy atom. The van der Waals surface area contributed by atoms with Crippen LogP contribution in [0.25, 0.3) is 6.08 Å². The van der Waals surface area contributed by atoms with Crippen LogP contribution >= 0.6 is 11.8 Å². The van der Waals surface area contributed by atoms with Crippen LogP contribution in [0.1, 0.15) is 25.0 Å². The number of halogens is 1. The van der Waals surface area contributed by atoms with Crippen molar-refractivity contribution in [2.45, 2.75) is 20.5 Å². The predicted octanol–water partition coefficient (Wildman–Crippen LogP) is 5.11. The summed E-state index contributed by atoms with van der Waals surface area (Å²) in [6.07, 6.45) is 1.66. The van der Waals surface area contributed by atoms with Crippen LogP contribution in [0.3, 0.4) is 0 Å². The van der Waals surface area contributed by atoms with E-state index in [0.29, 0.717) is 34.1 Å². The summed E-state index contributed by atoms with van der Waals surface area (Å²) < 4.78 is 24.8. The zero-order chi connectivity index (χ0) is 21.0. The first kappa shape index (κ1) is 20.9. The molecule has 0 bridgehead atoms. The van der Waals surface area contributed by atoms with Gasteiger partial charge in [-0.25, -0.2) is 4.39 Å². The number of methoxy groups -OCH3 is 1. The normalized spacial score (nSPS) is 15.5. The monoisotopic (exact) mass is 415 g/mol. The molecule has 0 unspecified atom stereocenters. The number of carbonyl (C=O) groups excluding carboxylic acids is 2. The molecule has 1 heterocycles. The van der Waals surface area contributed by atoms with Crippen LogP contribution in [-0.4, -0.2) is 29.7 Å². The third-order valence-electron chi connectivity index (χ3n) is 4.25. The summed E-state index contributed by atoms with van der Waals surface area (Å²) in [5.41, 5.74) is 1.15. The van der Waals surface area contributed by atoms with Crippen molar-refractivity contribution in [1.29, 1.82) is 0 Å². The SMILES string of the molecule is COc1cc(/C=C2\SC(=O)N(CC(C)C)C2=O)ccc1OCc1ccccc1F. The van der Waals surface area contributed by atoms with Crippen molar-refractivity contribution in [2.75, 3.05) is 13.7 Å². The minimum absolute atomic E-state index is 0.0659. The maximum absolute atomic E-state index is 13.8. The third kappa shape index (κ3) is 4.98. The lowest BCUT2D eigenvalue weighted by atomic mass is 10.1. The molecule has 152 valence electrons. The van der Waals surface area contributed by atoms with E-state index >= 15 is 0 Å². The van der Waals surface area contributed by atoms with Gasteiger partial charge in [0.15, 0.2) is 11.5 Å². The van der Waals surface area contributed by atoms with E-state index in [4.69, 9.17) is 9.47 Å². The molecule has 0 N–H and O–H groups in total. The van der Waals surface area contributed by atoms with Gasteiger partial charge in [0.05, 0.1) is 12.0 Å². The van der Waals surface area contributed by atoms with Gasteiger partial charge in [-0.1, -0.05) is 38.1 Å². The highest BCUT2D eigenvalue weighted by molar-refractivity contribution is 8.18. The largest absolute Gasteiger partial charge is 0.493 e. The molecule has 2 amide bonds. The molecule has 1 saturated heterocycles. The summed E-state index contributed by atoms with van der Waals surface area (Å²) in [6, 6.07) is 11.6. The molecule has 29 heavy (non-hydrogen) atoms. The third-order valence-corrected chi connectivity index (χ3v) is 5.16. The van der Waals surface area contributed by atoms with Crippen molar-refractivity contribution in [2.24, 2.45) is 5.92 Å². The highest BCUT2D eigenvalue weighted by Gasteiger charge is 2.35. The van der Waals surface area contributed by atoms with Crippen molar-refractivity contribution in [3.05, 3.63) is 64.3 Å². The molecular weight excluding hydrogens is 393 g/mol. The zero-order valence-electron chi connectivity index (χ0n) is 16.5. The number of amides is 2. The van der Waals surface area contributed by atoms with E-state index in [1.807, 2.05) is 13.8 Å². The van der Waals surface area contributed by atoms with Crippen LogP contribution in [0.2, 0.25) is 0 Å². The molecule has 0 atom stereocenters. The molecule has 1 fully saturated rings. The molecule has 0 aromatic heterocycles. The fourth-order valence-electron chi connectivity index (χ4n) is 2.84. The Morgan fingerprint density at radius 3 is 2.59 bits per heavy atom. The quantitative estimate of drug-likeness (QED) is 0.589. The minimum atomic E-state index is -0.333. The fraction of sp³-hybridized carbons (Fsp3) is 0.273. The van der Waals surface area contributed by atoms with E-state index in [2.05, 4.69) is 0 Å². The first-order valence-corrected chi connectivity index (χ1v) is 10.00. The molecule has 1 aliphatic heterocycles. The van der Waals surface area contributed by atoms with Crippen molar-refractivity contribution >= 4 is 29.0 Å². The van der Waals surface area contributed by atoms with Gasteiger partial charge in [0.25, 0.3) is 11.1 Å². The second-order valence-corrected chi connectivity index (χ2v) is 7.97. The van der Waals surface area contributed by atoms with Gasteiger partial charge in [-0.3, -0.25) is 14.5 Å². The summed E-state index contributed by atoms with van der Waals surface area (Å²) >= 11 is 0.930. The van der Waals surface area contributed by atoms with Gasteiger partial charge >= 0.3 is 0 Å². The first-order chi connectivity index (χ1) is 13.9. The molecule has 3 rings (SSSR count). The molecule has 2 aromatic rings. The summed E-state index contributed by atoms with van der Waals surface area (Å²) in [5, 5.41) is -0.258. The van der Waals surface area contributed by atoms with Crippen LogP contribution in [0.15, 0.2) is 47.4 Å². The summed E-state index contributed by atoms with van der Waals surface area (Å²) in [5.74, 6) is 0.499. The number of imide groups is 1. The number of thioether (sulfide) groups is 1. The second kappa shape index (κ2) is 9.13. The highest BCUT2D eigenvalue weighted by atomic mass is 32.2. The van der Waals surface area contributed by atoms with E-state index in [1.165, 1.54) is 18.1 Å². The Morgan fingerprint density at radius 2 is 1.90 bits per heavy atom. The number of rotatable bonds is 7. The van der Waals surface area contributed by atoms with Crippen molar-refractivity contribution < 1.29 is 23.5 Å². The van der Waals surface area contributed by atoms with Crippen LogP contribution in [-0.2, 0) is 11.4 Å². The zero-order valence-corrected chi connectivity index (χ0v) is 17.3. The molecule has 0 saturated carbocycles. The fourth-order valence-corrected chi connectivity index (χ4v) is 3.69. The number of benzene rings is 2. The van der Waals surface area contributed by atoms with E-state index in [1.54, 1.807) is 42.5 Å². The van der Waals surface area contributed by atoms with E-state index in [9.17, 15) is 14.0 Å². The van der Waals surface area contributed by atoms with Gasteiger partial charge in [0.1, 0.15) is 12.4 Å². The highest BCUT2D eigenvalue weighted by Crippen LogP contribution is 2.35. The van der Waals surface area contributed by atoms with Gasteiger partial charge < -0.3 is 9.47 Å². The van der Waals surface area contributed by atoms with Gasteiger partial charge in [-0.15, -0.1) is 0 Å². The Labute approximate surface area is 173 Å². The molecule has 0 aliphatic carbocycles. The standard InChI is InChI=1S/C22H22FNO4S/c1-14(2)12-24-21(25)20(29-22(24)26)11-15-8-9-18(19(10-15)27-3)28-13-16-6-4-5-7-17(16)23/h4-11,14H,12-13H2,1-3H3/b20-11-. The van der Waals surface area contributed by atoms with Crippen LogP contribution in [0, 0.1) is 11.7 Å². The molecule has 0 spiro atoms. The first-order valence-electron chi connectivity index (χ1n) is 9.18. The van der Waals surface area contributed by atoms with Crippen molar-refractivity contribution in [3.8, 4) is 11.5 Å². The van der Waals surface area contributed by atoms with Crippen LogP contribution in [0.4, 0.5) is 9.18 Å². The lowest BCUT2D eigenvalue weighted by Gasteiger charge is -2.14. The Kier molecular flexibility index (Phi) is 6.59. The molecule has 0 radical (unpaired) electrons. The second-order valence-electron chi connectivity index (χ2n) is 6.98. The Bertz CT molecular complexity index is 958.